The molecule has 0 fully saturated rings. The van der Waals surface area contributed by atoms with Crippen molar-refractivity contribution in [1.29, 1.82) is 0 Å². The number of ether oxygens (including phenoxy) is 1. The minimum atomic E-state index is -0.455. The zero-order valence-corrected chi connectivity index (χ0v) is 10.7. The SMILES string of the molecule is CCOc1cccc(Nc2cnn(C)c2)c1[N+](=O)[O-]. The van der Waals surface area contributed by atoms with Gasteiger partial charge in [-0.1, -0.05) is 6.07 Å². The first-order valence-electron chi connectivity index (χ1n) is 5.77. The molecule has 1 heterocycles. The lowest BCUT2D eigenvalue weighted by Crippen LogP contribution is -2.01. The van der Waals surface area contributed by atoms with Crippen LogP contribution in [0.5, 0.6) is 5.75 Å². The quantitative estimate of drug-likeness (QED) is 0.661. The highest BCUT2D eigenvalue weighted by atomic mass is 16.6. The van der Waals surface area contributed by atoms with Crippen LogP contribution in [0.1, 0.15) is 6.92 Å². The van der Waals surface area contributed by atoms with Gasteiger partial charge < -0.3 is 10.1 Å². The van der Waals surface area contributed by atoms with Gasteiger partial charge in [0, 0.05) is 13.2 Å². The molecule has 0 radical (unpaired) electrons. The second-order valence-corrected chi connectivity index (χ2v) is 3.87. The van der Waals surface area contributed by atoms with Crippen LogP contribution in [0.15, 0.2) is 30.6 Å². The second-order valence-electron chi connectivity index (χ2n) is 3.87. The van der Waals surface area contributed by atoms with E-state index in [0.29, 0.717) is 18.0 Å². The van der Waals surface area contributed by atoms with E-state index >= 15 is 0 Å². The minimum absolute atomic E-state index is 0.0757. The number of nitro groups is 1. The second kappa shape index (κ2) is 5.38. The van der Waals surface area contributed by atoms with Gasteiger partial charge in [0.15, 0.2) is 5.75 Å². The van der Waals surface area contributed by atoms with Crippen molar-refractivity contribution in [3.8, 4) is 5.75 Å². The van der Waals surface area contributed by atoms with Gasteiger partial charge in [-0.05, 0) is 19.1 Å². The molecule has 100 valence electrons. The number of para-hydroxylation sites is 1. The van der Waals surface area contributed by atoms with E-state index in [1.165, 1.54) is 0 Å². The lowest BCUT2D eigenvalue weighted by atomic mass is 10.2. The topological polar surface area (TPSA) is 82.2 Å². The normalized spacial score (nSPS) is 10.2. The molecule has 0 bridgehead atoms. The van der Waals surface area contributed by atoms with Crippen molar-refractivity contribution in [1.82, 2.24) is 9.78 Å². The Kier molecular flexibility index (Phi) is 3.65. The molecule has 0 saturated carbocycles. The van der Waals surface area contributed by atoms with E-state index in [4.69, 9.17) is 4.74 Å². The van der Waals surface area contributed by atoms with Crippen LogP contribution < -0.4 is 10.1 Å². The summed E-state index contributed by atoms with van der Waals surface area (Å²) < 4.78 is 6.89. The smallest absolute Gasteiger partial charge is 0.334 e. The molecule has 1 N–H and O–H groups in total. The van der Waals surface area contributed by atoms with Crippen LogP contribution in [-0.4, -0.2) is 21.3 Å². The molecule has 0 atom stereocenters. The van der Waals surface area contributed by atoms with Gasteiger partial charge in [-0.2, -0.15) is 5.10 Å². The first kappa shape index (κ1) is 12.9. The predicted octanol–water partition coefficient (Wildman–Crippen LogP) is 2.47. The summed E-state index contributed by atoms with van der Waals surface area (Å²) in [7, 11) is 1.77. The van der Waals surface area contributed by atoms with E-state index in [-0.39, 0.29) is 11.4 Å². The molecular formula is C12H14N4O3. The number of benzene rings is 1. The van der Waals surface area contributed by atoms with Gasteiger partial charge >= 0.3 is 5.69 Å². The third kappa shape index (κ3) is 2.82. The number of anilines is 2. The molecule has 0 aliphatic heterocycles. The third-order valence-corrected chi connectivity index (χ3v) is 2.47. The van der Waals surface area contributed by atoms with E-state index in [0.717, 1.165) is 0 Å². The highest BCUT2D eigenvalue weighted by Crippen LogP contribution is 2.36. The first-order valence-corrected chi connectivity index (χ1v) is 5.77. The van der Waals surface area contributed by atoms with E-state index in [2.05, 4.69) is 10.4 Å². The van der Waals surface area contributed by atoms with Crippen molar-refractivity contribution < 1.29 is 9.66 Å². The maximum absolute atomic E-state index is 11.2. The molecule has 0 amide bonds. The summed E-state index contributed by atoms with van der Waals surface area (Å²) in [6.07, 6.45) is 3.33. The molecule has 0 aliphatic rings. The van der Waals surface area contributed by atoms with Crippen LogP contribution in [0.4, 0.5) is 17.1 Å². The molecular weight excluding hydrogens is 248 g/mol. The van der Waals surface area contributed by atoms with Gasteiger partial charge in [0.1, 0.15) is 5.69 Å². The number of hydrogen-bond donors (Lipinski definition) is 1. The molecule has 0 unspecified atom stereocenters. The number of nitrogens with zero attached hydrogens (tertiary/aromatic N) is 3. The van der Waals surface area contributed by atoms with Crippen LogP contribution in [0.2, 0.25) is 0 Å². The number of aromatic nitrogens is 2. The van der Waals surface area contributed by atoms with Crippen LogP contribution in [-0.2, 0) is 7.05 Å². The molecule has 2 rings (SSSR count). The van der Waals surface area contributed by atoms with Crippen molar-refractivity contribution in [2.45, 2.75) is 6.92 Å². The number of rotatable bonds is 5. The average Bonchev–Trinajstić information content (AvgIpc) is 2.75. The van der Waals surface area contributed by atoms with E-state index in [1.54, 1.807) is 49.2 Å². The van der Waals surface area contributed by atoms with E-state index in [1.807, 2.05) is 0 Å². The minimum Gasteiger partial charge on any atom is -0.487 e. The Hall–Kier alpha value is -2.57. The van der Waals surface area contributed by atoms with Crippen molar-refractivity contribution in [2.75, 3.05) is 11.9 Å². The standard InChI is InChI=1S/C12H14N4O3/c1-3-19-11-6-4-5-10(12(11)16(17)18)14-9-7-13-15(2)8-9/h4-8,14H,3H2,1-2H3. The van der Waals surface area contributed by atoms with Gasteiger partial charge in [0.05, 0.1) is 23.4 Å². The van der Waals surface area contributed by atoms with Crippen LogP contribution in [0.25, 0.3) is 0 Å². The molecule has 0 aliphatic carbocycles. The Bertz CT molecular complexity index is 594. The molecule has 0 spiro atoms. The van der Waals surface area contributed by atoms with Crippen molar-refractivity contribution in [3.63, 3.8) is 0 Å². The maximum Gasteiger partial charge on any atom is 0.334 e. The summed E-state index contributed by atoms with van der Waals surface area (Å²) in [5, 5.41) is 18.1. The fourth-order valence-electron chi connectivity index (χ4n) is 1.72. The number of hydrogen-bond acceptors (Lipinski definition) is 5. The highest BCUT2D eigenvalue weighted by Gasteiger charge is 2.21. The van der Waals surface area contributed by atoms with Crippen LogP contribution in [0, 0.1) is 10.1 Å². The van der Waals surface area contributed by atoms with Gasteiger partial charge in [-0.25, -0.2) is 0 Å². The fourth-order valence-corrected chi connectivity index (χ4v) is 1.72. The molecule has 2 aromatic rings. The summed E-state index contributed by atoms with van der Waals surface area (Å²) in [6.45, 7) is 2.15. The zero-order chi connectivity index (χ0) is 13.8. The van der Waals surface area contributed by atoms with Gasteiger partial charge in [0.25, 0.3) is 0 Å². The van der Waals surface area contributed by atoms with E-state index in [9.17, 15) is 10.1 Å². The van der Waals surface area contributed by atoms with E-state index < -0.39 is 4.92 Å². The van der Waals surface area contributed by atoms with Crippen LogP contribution >= 0.6 is 0 Å². The summed E-state index contributed by atoms with van der Waals surface area (Å²) in [4.78, 5) is 10.7. The number of nitro benzene ring substituents is 1. The number of nitrogens with one attached hydrogen (secondary N) is 1. The molecule has 7 nitrogen and oxygen atoms in total. The maximum atomic E-state index is 11.2. The summed E-state index contributed by atoms with van der Waals surface area (Å²) in [5.74, 6) is 0.251. The lowest BCUT2D eigenvalue weighted by molar-refractivity contribution is -0.384. The Labute approximate surface area is 110 Å². The van der Waals surface area contributed by atoms with Crippen molar-refractivity contribution in [2.24, 2.45) is 7.05 Å². The average molecular weight is 262 g/mol. The monoisotopic (exact) mass is 262 g/mol. The molecule has 1 aromatic carbocycles. The predicted molar refractivity (Wildman–Crippen MR) is 70.8 cm³/mol. The van der Waals surface area contributed by atoms with Crippen molar-refractivity contribution in [3.05, 3.63) is 40.7 Å². The fraction of sp³-hybridized carbons (Fsp3) is 0.250. The third-order valence-electron chi connectivity index (χ3n) is 2.47. The number of aryl methyl sites for hydroxylation is 1. The summed E-state index contributed by atoms with van der Waals surface area (Å²) in [6, 6.07) is 4.92. The Morgan fingerprint density at radius 3 is 2.89 bits per heavy atom. The summed E-state index contributed by atoms with van der Waals surface area (Å²) >= 11 is 0. The largest absolute Gasteiger partial charge is 0.487 e. The Balaban J connectivity index is 2.38. The van der Waals surface area contributed by atoms with Crippen molar-refractivity contribution >= 4 is 17.1 Å². The molecule has 0 saturated heterocycles. The lowest BCUT2D eigenvalue weighted by Gasteiger charge is -2.09. The summed E-state index contributed by atoms with van der Waals surface area (Å²) in [5.41, 5.74) is 0.983. The molecule has 19 heavy (non-hydrogen) atoms. The van der Waals surface area contributed by atoms with Crippen LogP contribution in [0.3, 0.4) is 0 Å². The highest BCUT2D eigenvalue weighted by molar-refractivity contribution is 5.73. The van der Waals surface area contributed by atoms with Gasteiger partial charge in [-0.15, -0.1) is 0 Å². The van der Waals surface area contributed by atoms with Gasteiger partial charge in [-0.3, -0.25) is 14.8 Å². The zero-order valence-electron chi connectivity index (χ0n) is 10.7. The molecule has 1 aromatic heterocycles. The van der Waals surface area contributed by atoms with Gasteiger partial charge in [0.2, 0.25) is 0 Å². The molecule has 7 heteroatoms. The Morgan fingerprint density at radius 2 is 2.32 bits per heavy atom. The first-order chi connectivity index (χ1) is 9.11. The Morgan fingerprint density at radius 1 is 1.53 bits per heavy atom.